The van der Waals surface area contributed by atoms with E-state index in [-0.39, 0.29) is 23.4 Å². The number of hydrogen-bond donors (Lipinski definition) is 2. The highest BCUT2D eigenvalue weighted by Gasteiger charge is 2.13. The maximum Gasteiger partial charge on any atom is 0.257 e. The molecule has 1 amide bonds. The molecular weight excluding hydrogens is 443 g/mol. The van der Waals surface area contributed by atoms with Crippen LogP contribution in [0.5, 0.6) is 5.75 Å². The Kier molecular flexibility index (Phi) is 6.73. The number of rotatable bonds is 5. The zero-order valence-electron chi connectivity index (χ0n) is 14.6. The van der Waals surface area contributed by atoms with Crippen molar-refractivity contribution in [3.63, 3.8) is 0 Å². The van der Waals surface area contributed by atoms with Gasteiger partial charge in [0.1, 0.15) is 18.2 Å². The maximum absolute atomic E-state index is 13.0. The summed E-state index contributed by atoms with van der Waals surface area (Å²) >= 11 is 8.58. The van der Waals surface area contributed by atoms with E-state index in [1.165, 1.54) is 24.3 Å². The number of carbonyl (C=O) groups excluding carboxylic acids is 1. The van der Waals surface area contributed by atoms with Crippen LogP contribution in [-0.2, 0) is 6.61 Å². The minimum Gasteiger partial charge on any atom is -0.489 e. The molecule has 4 nitrogen and oxygen atoms in total. The van der Waals surface area contributed by atoms with Gasteiger partial charge in [-0.2, -0.15) is 0 Å². The van der Waals surface area contributed by atoms with Crippen molar-refractivity contribution in [2.45, 2.75) is 6.61 Å². The monoisotopic (exact) mass is 458 g/mol. The number of benzene rings is 3. The first-order valence-electron chi connectivity index (χ1n) is 8.35. The molecule has 3 aromatic carbocycles. The Morgan fingerprint density at radius 1 is 1.00 bits per heavy atom. The van der Waals surface area contributed by atoms with Gasteiger partial charge in [-0.1, -0.05) is 34.1 Å². The summed E-state index contributed by atoms with van der Waals surface area (Å²) < 4.78 is 19.6. The summed E-state index contributed by atoms with van der Waals surface area (Å²) in [5.74, 6) is -0.157. The summed E-state index contributed by atoms with van der Waals surface area (Å²) in [6.45, 7) is 0.169. The molecule has 28 heavy (non-hydrogen) atoms. The van der Waals surface area contributed by atoms with Gasteiger partial charge in [-0.3, -0.25) is 10.1 Å². The van der Waals surface area contributed by atoms with Crippen LogP contribution in [0.25, 0.3) is 0 Å². The molecule has 2 N–H and O–H groups in total. The van der Waals surface area contributed by atoms with Gasteiger partial charge in [-0.05, 0) is 66.8 Å². The summed E-state index contributed by atoms with van der Waals surface area (Å²) in [5.41, 5.74) is 1.90. The fraction of sp³-hybridized carbons (Fsp3) is 0.0476. The summed E-state index contributed by atoms with van der Waals surface area (Å²) in [5, 5.41) is 5.83. The molecule has 0 aliphatic rings. The van der Waals surface area contributed by atoms with Crippen LogP contribution < -0.4 is 15.4 Å². The van der Waals surface area contributed by atoms with E-state index in [1.807, 2.05) is 30.3 Å². The van der Waals surface area contributed by atoms with Crippen LogP contribution in [0.15, 0.2) is 77.3 Å². The molecule has 0 fully saturated rings. The van der Waals surface area contributed by atoms with Gasteiger partial charge in [0.2, 0.25) is 0 Å². The van der Waals surface area contributed by atoms with Crippen molar-refractivity contribution in [1.82, 2.24) is 5.32 Å². The quantitative estimate of drug-likeness (QED) is 0.509. The average molecular weight is 459 g/mol. The molecule has 0 atom stereocenters. The summed E-state index contributed by atoms with van der Waals surface area (Å²) in [6.07, 6.45) is 0. The van der Waals surface area contributed by atoms with Crippen molar-refractivity contribution in [3.8, 4) is 5.75 Å². The highest BCUT2D eigenvalue weighted by atomic mass is 79.9. The van der Waals surface area contributed by atoms with Crippen molar-refractivity contribution in [3.05, 3.63) is 94.2 Å². The Bertz CT molecular complexity index is 978. The van der Waals surface area contributed by atoms with E-state index in [0.717, 1.165) is 10.2 Å². The van der Waals surface area contributed by atoms with Gasteiger partial charge in [0.05, 0.1) is 0 Å². The first kappa shape index (κ1) is 20.0. The zero-order chi connectivity index (χ0) is 19.9. The second-order valence-corrected chi connectivity index (χ2v) is 7.14. The topological polar surface area (TPSA) is 50.4 Å². The molecular formula is C21H16BrFN2O2S. The minimum atomic E-state index is -0.340. The summed E-state index contributed by atoms with van der Waals surface area (Å²) in [4.78, 5) is 12.6. The van der Waals surface area contributed by atoms with Gasteiger partial charge < -0.3 is 10.1 Å². The number of halogens is 2. The van der Waals surface area contributed by atoms with Gasteiger partial charge in [0.15, 0.2) is 5.11 Å². The number of hydrogen-bond acceptors (Lipinski definition) is 3. The van der Waals surface area contributed by atoms with Gasteiger partial charge in [0, 0.05) is 21.3 Å². The van der Waals surface area contributed by atoms with Crippen LogP contribution in [-0.4, -0.2) is 11.0 Å². The van der Waals surface area contributed by atoms with Crippen molar-refractivity contribution in [2.75, 3.05) is 5.32 Å². The maximum atomic E-state index is 13.0. The number of anilines is 1. The lowest BCUT2D eigenvalue weighted by atomic mass is 10.1. The van der Waals surface area contributed by atoms with Crippen LogP contribution in [0.4, 0.5) is 10.1 Å². The van der Waals surface area contributed by atoms with Gasteiger partial charge in [-0.25, -0.2) is 4.39 Å². The molecule has 0 saturated heterocycles. The normalized spacial score (nSPS) is 10.2. The molecule has 0 unspecified atom stereocenters. The van der Waals surface area contributed by atoms with Gasteiger partial charge in [-0.15, -0.1) is 0 Å². The molecule has 0 aliphatic carbocycles. The predicted molar refractivity (Wildman–Crippen MR) is 115 cm³/mol. The Morgan fingerprint density at radius 3 is 2.39 bits per heavy atom. The third kappa shape index (κ3) is 5.61. The molecule has 142 valence electrons. The lowest BCUT2D eigenvalue weighted by Gasteiger charge is -2.13. The third-order valence-electron chi connectivity index (χ3n) is 3.80. The molecule has 0 radical (unpaired) electrons. The predicted octanol–water partition coefficient (Wildman–Crippen LogP) is 5.29. The molecule has 3 aromatic rings. The fourth-order valence-corrected chi connectivity index (χ4v) is 2.90. The van der Waals surface area contributed by atoms with Crippen molar-refractivity contribution in [1.29, 1.82) is 0 Å². The smallest absolute Gasteiger partial charge is 0.257 e. The number of ether oxygens (including phenoxy) is 1. The standard InChI is InChI=1S/C21H16BrFN2O2S/c22-15-5-9-17(10-6-15)24-21(28)25-20(26)19-4-2-1-3-14(19)13-27-18-11-7-16(23)8-12-18/h1-12H,13H2,(H2,24,25,26,28). The lowest BCUT2D eigenvalue weighted by molar-refractivity contribution is 0.0975. The van der Waals surface area contributed by atoms with Gasteiger partial charge in [0.25, 0.3) is 5.91 Å². The average Bonchev–Trinajstić information content (AvgIpc) is 2.69. The SMILES string of the molecule is O=C(NC(=S)Nc1ccc(Br)cc1)c1ccccc1COc1ccc(F)cc1. The molecule has 0 spiro atoms. The second-order valence-electron chi connectivity index (χ2n) is 5.81. The molecule has 7 heteroatoms. The first-order valence-corrected chi connectivity index (χ1v) is 9.55. The Labute approximate surface area is 175 Å². The van der Waals surface area contributed by atoms with E-state index < -0.39 is 0 Å². The molecule has 3 rings (SSSR count). The molecule has 0 saturated carbocycles. The molecule has 0 aromatic heterocycles. The number of amides is 1. The number of carbonyl (C=O) groups is 1. The van der Waals surface area contributed by atoms with E-state index >= 15 is 0 Å². The third-order valence-corrected chi connectivity index (χ3v) is 4.53. The zero-order valence-corrected chi connectivity index (χ0v) is 17.0. The Balaban J connectivity index is 1.63. The Morgan fingerprint density at radius 2 is 1.68 bits per heavy atom. The van der Waals surface area contributed by atoms with Crippen LogP contribution >= 0.6 is 28.1 Å². The molecule has 0 heterocycles. The van der Waals surface area contributed by atoms with Crippen molar-refractivity contribution >= 4 is 44.9 Å². The largest absolute Gasteiger partial charge is 0.489 e. The highest BCUT2D eigenvalue weighted by Crippen LogP contribution is 2.17. The van der Waals surface area contributed by atoms with Gasteiger partial charge >= 0.3 is 0 Å². The van der Waals surface area contributed by atoms with Crippen LogP contribution in [0.2, 0.25) is 0 Å². The minimum absolute atomic E-state index is 0.169. The van der Waals surface area contributed by atoms with Crippen LogP contribution in [0.1, 0.15) is 15.9 Å². The lowest BCUT2D eigenvalue weighted by Crippen LogP contribution is -2.34. The van der Waals surface area contributed by atoms with E-state index in [0.29, 0.717) is 16.9 Å². The van der Waals surface area contributed by atoms with Crippen molar-refractivity contribution in [2.24, 2.45) is 0 Å². The highest BCUT2D eigenvalue weighted by molar-refractivity contribution is 9.10. The van der Waals surface area contributed by atoms with E-state index in [1.54, 1.807) is 18.2 Å². The Hall–Kier alpha value is -2.77. The van der Waals surface area contributed by atoms with Crippen LogP contribution in [0.3, 0.4) is 0 Å². The second kappa shape index (κ2) is 9.43. The van der Waals surface area contributed by atoms with E-state index in [9.17, 15) is 9.18 Å². The summed E-state index contributed by atoms with van der Waals surface area (Å²) in [6, 6.07) is 20.2. The van der Waals surface area contributed by atoms with Crippen molar-refractivity contribution < 1.29 is 13.9 Å². The number of nitrogens with one attached hydrogen (secondary N) is 2. The fourth-order valence-electron chi connectivity index (χ4n) is 2.43. The van der Waals surface area contributed by atoms with E-state index in [4.69, 9.17) is 17.0 Å². The molecule has 0 aliphatic heterocycles. The van der Waals surface area contributed by atoms with Crippen LogP contribution in [0, 0.1) is 5.82 Å². The first-order chi connectivity index (χ1) is 13.5. The van der Waals surface area contributed by atoms with E-state index in [2.05, 4.69) is 26.6 Å². The summed E-state index contributed by atoms with van der Waals surface area (Å²) in [7, 11) is 0. The molecule has 0 bridgehead atoms. The number of thiocarbonyl (C=S) groups is 1.